The summed E-state index contributed by atoms with van der Waals surface area (Å²) < 4.78 is 9.03. The minimum Gasteiger partial charge on any atom is -0.480 e. The van der Waals surface area contributed by atoms with Gasteiger partial charge in [0, 0.05) is 6.54 Å². The van der Waals surface area contributed by atoms with Crippen molar-refractivity contribution >= 4 is 18.2 Å². The van der Waals surface area contributed by atoms with E-state index in [1.807, 2.05) is 0 Å². The molecule has 0 saturated carbocycles. The molecule has 0 bridgehead atoms. The SMILES string of the molecule is C=CCOC(=O)N(CC[C@H](N)C(=O)O)C(=O)OC. The third-order valence-electron chi connectivity index (χ3n) is 1.92. The van der Waals surface area contributed by atoms with E-state index in [9.17, 15) is 14.4 Å². The van der Waals surface area contributed by atoms with Gasteiger partial charge in [-0.15, -0.1) is 0 Å². The van der Waals surface area contributed by atoms with Crippen molar-refractivity contribution in [1.29, 1.82) is 0 Å². The Morgan fingerprint density at radius 3 is 2.50 bits per heavy atom. The van der Waals surface area contributed by atoms with Gasteiger partial charge in [0.05, 0.1) is 7.11 Å². The fourth-order valence-electron chi connectivity index (χ4n) is 0.967. The summed E-state index contributed by atoms with van der Waals surface area (Å²) in [6, 6.07) is -1.18. The molecule has 0 aliphatic rings. The van der Waals surface area contributed by atoms with Crippen LogP contribution in [0.25, 0.3) is 0 Å². The summed E-state index contributed by atoms with van der Waals surface area (Å²) in [5, 5.41) is 8.58. The van der Waals surface area contributed by atoms with Gasteiger partial charge in [0.2, 0.25) is 0 Å². The average molecular weight is 260 g/mol. The number of amides is 2. The largest absolute Gasteiger partial charge is 0.480 e. The molecule has 102 valence electrons. The summed E-state index contributed by atoms with van der Waals surface area (Å²) in [7, 11) is 1.09. The molecule has 0 rings (SSSR count). The van der Waals surface area contributed by atoms with Crippen molar-refractivity contribution in [2.45, 2.75) is 12.5 Å². The third-order valence-corrected chi connectivity index (χ3v) is 1.92. The van der Waals surface area contributed by atoms with Crippen LogP contribution >= 0.6 is 0 Å². The molecule has 8 nitrogen and oxygen atoms in total. The van der Waals surface area contributed by atoms with Crippen molar-refractivity contribution in [2.75, 3.05) is 20.3 Å². The first-order valence-corrected chi connectivity index (χ1v) is 5.05. The van der Waals surface area contributed by atoms with Gasteiger partial charge in [-0.2, -0.15) is 0 Å². The number of hydrogen-bond donors (Lipinski definition) is 2. The highest BCUT2D eigenvalue weighted by Gasteiger charge is 2.25. The van der Waals surface area contributed by atoms with E-state index >= 15 is 0 Å². The van der Waals surface area contributed by atoms with Gasteiger partial charge in [0.25, 0.3) is 0 Å². The number of nitrogens with two attached hydrogens (primary N) is 1. The number of nitrogens with zero attached hydrogens (tertiary/aromatic N) is 1. The molecule has 0 unspecified atom stereocenters. The lowest BCUT2D eigenvalue weighted by Gasteiger charge is -2.19. The zero-order valence-electron chi connectivity index (χ0n) is 10.00. The number of hydrogen-bond acceptors (Lipinski definition) is 6. The Kier molecular flexibility index (Phi) is 7.13. The molecule has 0 heterocycles. The first kappa shape index (κ1) is 15.9. The smallest absolute Gasteiger partial charge is 0.419 e. The summed E-state index contributed by atoms with van der Waals surface area (Å²) in [6.45, 7) is 3.06. The number of rotatable bonds is 6. The minimum atomic E-state index is -1.22. The highest BCUT2D eigenvalue weighted by molar-refractivity contribution is 5.87. The molecule has 1 atom stereocenters. The zero-order chi connectivity index (χ0) is 14.1. The van der Waals surface area contributed by atoms with Crippen LogP contribution in [-0.4, -0.2) is 54.5 Å². The molecule has 0 saturated heterocycles. The van der Waals surface area contributed by atoms with E-state index in [1.165, 1.54) is 6.08 Å². The maximum atomic E-state index is 11.5. The molecule has 0 aliphatic heterocycles. The van der Waals surface area contributed by atoms with E-state index in [0.29, 0.717) is 4.90 Å². The van der Waals surface area contributed by atoms with Gasteiger partial charge in [-0.25, -0.2) is 14.5 Å². The van der Waals surface area contributed by atoms with Crippen molar-refractivity contribution in [3.63, 3.8) is 0 Å². The number of carbonyl (C=O) groups excluding carboxylic acids is 2. The number of imide groups is 1. The summed E-state index contributed by atoms with van der Waals surface area (Å²) >= 11 is 0. The van der Waals surface area contributed by atoms with Crippen LogP contribution < -0.4 is 5.73 Å². The predicted molar refractivity (Wildman–Crippen MR) is 60.9 cm³/mol. The number of aliphatic carboxylic acids is 1. The van der Waals surface area contributed by atoms with Crippen LogP contribution in [0.3, 0.4) is 0 Å². The topological polar surface area (TPSA) is 119 Å². The van der Waals surface area contributed by atoms with E-state index in [0.717, 1.165) is 7.11 Å². The Labute approximate surface area is 104 Å². The Bertz CT molecular complexity index is 330. The van der Waals surface area contributed by atoms with E-state index in [1.54, 1.807) is 0 Å². The van der Waals surface area contributed by atoms with Crippen LogP contribution in [0.15, 0.2) is 12.7 Å². The van der Waals surface area contributed by atoms with Gasteiger partial charge in [-0.05, 0) is 6.42 Å². The number of methoxy groups -OCH3 is 1. The molecular formula is C10H16N2O6. The molecule has 0 radical (unpaired) electrons. The lowest BCUT2D eigenvalue weighted by Crippen LogP contribution is -2.41. The second-order valence-electron chi connectivity index (χ2n) is 3.22. The third kappa shape index (κ3) is 5.30. The minimum absolute atomic E-state index is 0.0721. The van der Waals surface area contributed by atoms with Crippen LogP contribution in [0.5, 0.6) is 0 Å². The van der Waals surface area contributed by atoms with E-state index in [4.69, 9.17) is 10.8 Å². The number of carboxylic acids is 1. The monoisotopic (exact) mass is 260 g/mol. The molecule has 0 spiro atoms. The van der Waals surface area contributed by atoms with Gasteiger partial charge in [0.1, 0.15) is 12.6 Å². The summed E-state index contributed by atoms with van der Waals surface area (Å²) in [5.41, 5.74) is 5.26. The highest BCUT2D eigenvalue weighted by Crippen LogP contribution is 2.02. The Morgan fingerprint density at radius 2 is 2.06 bits per heavy atom. The van der Waals surface area contributed by atoms with E-state index < -0.39 is 24.2 Å². The van der Waals surface area contributed by atoms with Crippen molar-refractivity contribution in [1.82, 2.24) is 4.90 Å². The summed E-state index contributed by atoms with van der Waals surface area (Å²) in [4.78, 5) is 33.9. The van der Waals surface area contributed by atoms with E-state index in [2.05, 4.69) is 16.1 Å². The van der Waals surface area contributed by atoms with Gasteiger partial charge >= 0.3 is 18.2 Å². The van der Waals surface area contributed by atoms with Gasteiger partial charge < -0.3 is 20.3 Å². The molecule has 0 aromatic rings. The molecule has 2 amide bonds. The Morgan fingerprint density at radius 1 is 1.44 bits per heavy atom. The molecule has 18 heavy (non-hydrogen) atoms. The van der Waals surface area contributed by atoms with Crippen molar-refractivity contribution in [3.05, 3.63) is 12.7 Å². The lowest BCUT2D eigenvalue weighted by atomic mass is 10.2. The number of ether oxygens (including phenoxy) is 2. The Balaban J connectivity index is 4.49. The molecule has 0 fully saturated rings. The lowest BCUT2D eigenvalue weighted by molar-refractivity contribution is -0.138. The summed E-state index contributed by atoms with van der Waals surface area (Å²) in [5.74, 6) is -1.22. The molecule has 0 aliphatic carbocycles. The molecule has 0 aromatic carbocycles. The maximum absolute atomic E-state index is 11.5. The van der Waals surface area contributed by atoms with Crippen LogP contribution in [0, 0.1) is 0 Å². The molecule has 8 heteroatoms. The van der Waals surface area contributed by atoms with Gasteiger partial charge in [-0.3, -0.25) is 4.79 Å². The standard InChI is InChI=1S/C10H16N2O6/c1-3-6-18-10(16)12(9(15)17-2)5-4-7(11)8(13)14/h3,7H,1,4-6,11H2,2H3,(H,13,14)/t7-/m0/s1. The first-order chi connectivity index (χ1) is 8.43. The van der Waals surface area contributed by atoms with Crippen LogP contribution in [0.1, 0.15) is 6.42 Å². The number of carboxylic acid groups (broad SMARTS) is 1. The zero-order valence-corrected chi connectivity index (χ0v) is 10.00. The summed E-state index contributed by atoms with van der Waals surface area (Å²) in [6.07, 6.45) is -0.662. The normalized spacial score (nSPS) is 11.2. The molecule has 3 N–H and O–H groups in total. The van der Waals surface area contributed by atoms with Crippen LogP contribution in [0.4, 0.5) is 9.59 Å². The number of carbonyl (C=O) groups is 3. The second-order valence-corrected chi connectivity index (χ2v) is 3.22. The van der Waals surface area contributed by atoms with Crippen molar-refractivity contribution in [2.24, 2.45) is 5.73 Å². The van der Waals surface area contributed by atoms with Gasteiger partial charge in [-0.1, -0.05) is 12.7 Å². The van der Waals surface area contributed by atoms with Crippen molar-refractivity contribution < 1.29 is 29.0 Å². The Hall–Kier alpha value is -2.09. The van der Waals surface area contributed by atoms with Crippen molar-refractivity contribution in [3.8, 4) is 0 Å². The predicted octanol–water partition coefficient (Wildman–Crippen LogP) is 0.179. The van der Waals surface area contributed by atoms with Crippen LogP contribution in [-0.2, 0) is 14.3 Å². The maximum Gasteiger partial charge on any atom is 0.419 e. The quantitative estimate of drug-likeness (QED) is 0.653. The molecule has 0 aromatic heterocycles. The first-order valence-electron chi connectivity index (χ1n) is 5.05. The second kappa shape index (κ2) is 8.07. The fraction of sp³-hybridized carbons (Fsp3) is 0.500. The molecular weight excluding hydrogens is 244 g/mol. The highest BCUT2D eigenvalue weighted by atomic mass is 16.6. The average Bonchev–Trinajstić information content (AvgIpc) is 2.35. The van der Waals surface area contributed by atoms with Crippen LogP contribution in [0.2, 0.25) is 0 Å². The van der Waals surface area contributed by atoms with E-state index in [-0.39, 0.29) is 19.6 Å². The van der Waals surface area contributed by atoms with Gasteiger partial charge in [0.15, 0.2) is 0 Å². The fourth-order valence-corrected chi connectivity index (χ4v) is 0.967.